The van der Waals surface area contributed by atoms with Crippen molar-refractivity contribution in [3.05, 3.63) is 39.8 Å². The van der Waals surface area contributed by atoms with Crippen LogP contribution in [0.3, 0.4) is 0 Å². The van der Waals surface area contributed by atoms with Crippen LogP contribution in [0.1, 0.15) is 29.0 Å². The minimum atomic E-state index is 0.617. The number of nitrogens with one attached hydrogen (secondary N) is 1. The summed E-state index contributed by atoms with van der Waals surface area (Å²) < 4.78 is 0. The number of hydrogen-bond donors (Lipinski definition) is 1. The highest BCUT2D eigenvalue weighted by Crippen LogP contribution is 2.32. The molecule has 1 aliphatic rings. The number of anilines is 1. The van der Waals surface area contributed by atoms with E-state index < -0.39 is 0 Å². The molecule has 2 aromatic heterocycles. The Labute approximate surface area is 123 Å². The summed E-state index contributed by atoms with van der Waals surface area (Å²) in [6.07, 6.45) is 4.47. The van der Waals surface area contributed by atoms with E-state index in [0.29, 0.717) is 6.04 Å². The van der Waals surface area contributed by atoms with Gasteiger partial charge in [-0.1, -0.05) is 6.07 Å². The zero-order chi connectivity index (χ0) is 13.9. The molecule has 0 aliphatic heterocycles. The first-order valence-corrected chi connectivity index (χ1v) is 7.92. The second kappa shape index (κ2) is 5.89. The molecule has 0 atom stereocenters. The van der Waals surface area contributed by atoms with E-state index in [1.807, 2.05) is 13.2 Å². The van der Waals surface area contributed by atoms with Gasteiger partial charge in [0.25, 0.3) is 0 Å². The van der Waals surface area contributed by atoms with Gasteiger partial charge in [0.2, 0.25) is 5.95 Å². The van der Waals surface area contributed by atoms with Crippen LogP contribution in [0.25, 0.3) is 0 Å². The summed E-state index contributed by atoms with van der Waals surface area (Å²) in [6.45, 7) is 3.81. The van der Waals surface area contributed by atoms with Crippen molar-refractivity contribution in [3.63, 3.8) is 0 Å². The highest BCUT2D eigenvalue weighted by atomic mass is 32.1. The Kier molecular flexibility index (Phi) is 3.98. The van der Waals surface area contributed by atoms with Crippen LogP contribution >= 0.6 is 11.3 Å². The van der Waals surface area contributed by atoms with Crippen molar-refractivity contribution in [1.29, 1.82) is 0 Å². The normalized spacial score (nSPS) is 14.5. The fourth-order valence-corrected chi connectivity index (χ4v) is 3.00. The number of nitrogens with zero attached hydrogens (tertiary/aromatic N) is 3. The Hall–Kier alpha value is -1.46. The van der Waals surface area contributed by atoms with Crippen molar-refractivity contribution in [2.45, 2.75) is 38.9 Å². The molecule has 5 heteroatoms. The predicted molar refractivity (Wildman–Crippen MR) is 83.1 cm³/mol. The molecule has 1 aliphatic carbocycles. The Bertz CT molecular complexity index is 563. The number of aromatic nitrogens is 2. The minimum absolute atomic E-state index is 0.617. The quantitative estimate of drug-likeness (QED) is 0.887. The van der Waals surface area contributed by atoms with Crippen LogP contribution in [0.5, 0.6) is 0 Å². The molecule has 1 fully saturated rings. The van der Waals surface area contributed by atoms with Crippen LogP contribution < -0.4 is 10.2 Å². The van der Waals surface area contributed by atoms with E-state index in [9.17, 15) is 0 Å². The Morgan fingerprint density at radius 1 is 1.45 bits per heavy atom. The molecule has 1 N–H and O–H groups in total. The number of rotatable bonds is 6. The van der Waals surface area contributed by atoms with Crippen molar-refractivity contribution < 1.29 is 0 Å². The van der Waals surface area contributed by atoms with Crippen LogP contribution in [0.2, 0.25) is 0 Å². The summed E-state index contributed by atoms with van der Waals surface area (Å²) in [6, 6.07) is 4.90. The molecule has 106 valence electrons. The van der Waals surface area contributed by atoms with E-state index >= 15 is 0 Å². The van der Waals surface area contributed by atoms with Gasteiger partial charge in [-0.25, -0.2) is 9.97 Å². The molecule has 4 nitrogen and oxygen atoms in total. The highest BCUT2D eigenvalue weighted by Gasteiger charge is 2.31. The molecule has 2 aromatic rings. The maximum Gasteiger partial charge on any atom is 0.226 e. The van der Waals surface area contributed by atoms with E-state index in [1.54, 1.807) is 11.3 Å². The fraction of sp³-hybridized carbons (Fsp3) is 0.467. The number of hydrogen-bond acceptors (Lipinski definition) is 5. The molecule has 0 aromatic carbocycles. The molecule has 0 amide bonds. The van der Waals surface area contributed by atoms with Gasteiger partial charge in [0.1, 0.15) is 0 Å². The van der Waals surface area contributed by atoms with Gasteiger partial charge in [-0.05, 0) is 38.3 Å². The molecule has 0 radical (unpaired) electrons. The SMILES string of the molecule is CNCc1cnc(N(Cc2cccs2)C2CC2)nc1C. The number of thiophene rings is 1. The third-order valence-corrected chi connectivity index (χ3v) is 4.45. The lowest BCUT2D eigenvalue weighted by atomic mass is 10.2. The molecule has 0 saturated heterocycles. The molecule has 0 spiro atoms. The van der Waals surface area contributed by atoms with E-state index in [1.165, 1.54) is 23.3 Å². The van der Waals surface area contributed by atoms with Gasteiger partial charge in [0.15, 0.2) is 0 Å². The van der Waals surface area contributed by atoms with Crippen LogP contribution in [-0.2, 0) is 13.1 Å². The second-order valence-electron chi connectivity index (χ2n) is 5.25. The van der Waals surface area contributed by atoms with Gasteiger partial charge >= 0.3 is 0 Å². The van der Waals surface area contributed by atoms with Crippen LogP contribution in [-0.4, -0.2) is 23.1 Å². The molecular formula is C15H20N4S. The molecular weight excluding hydrogens is 268 g/mol. The third kappa shape index (κ3) is 2.99. The van der Waals surface area contributed by atoms with Crippen LogP contribution in [0.15, 0.2) is 23.7 Å². The van der Waals surface area contributed by atoms with Crippen LogP contribution in [0, 0.1) is 6.92 Å². The molecule has 3 rings (SSSR count). The average Bonchev–Trinajstić information content (AvgIpc) is 3.15. The Morgan fingerprint density at radius 3 is 2.90 bits per heavy atom. The van der Waals surface area contributed by atoms with Gasteiger partial charge < -0.3 is 10.2 Å². The van der Waals surface area contributed by atoms with Gasteiger partial charge in [0.05, 0.1) is 6.54 Å². The van der Waals surface area contributed by atoms with Gasteiger partial charge in [0, 0.05) is 34.9 Å². The van der Waals surface area contributed by atoms with Crippen molar-refractivity contribution in [3.8, 4) is 0 Å². The smallest absolute Gasteiger partial charge is 0.226 e. The fourth-order valence-electron chi connectivity index (χ4n) is 2.30. The summed E-state index contributed by atoms with van der Waals surface area (Å²) in [5.41, 5.74) is 2.24. The monoisotopic (exact) mass is 288 g/mol. The summed E-state index contributed by atoms with van der Waals surface area (Å²) >= 11 is 1.80. The number of aryl methyl sites for hydroxylation is 1. The molecule has 1 saturated carbocycles. The van der Waals surface area contributed by atoms with E-state index in [-0.39, 0.29) is 0 Å². The third-order valence-electron chi connectivity index (χ3n) is 3.59. The lowest BCUT2D eigenvalue weighted by molar-refractivity contribution is 0.747. The van der Waals surface area contributed by atoms with Crippen molar-refractivity contribution in [1.82, 2.24) is 15.3 Å². The van der Waals surface area contributed by atoms with E-state index in [4.69, 9.17) is 4.98 Å². The zero-order valence-electron chi connectivity index (χ0n) is 12.0. The molecule has 0 unspecified atom stereocenters. The molecule has 2 heterocycles. The van der Waals surface area contributed by atoms with Gasteiger partial charge in [-0.3, -0.25) is 0 Å². The maximum absolute atomic E-state index is 4.71. The molecule has 20 heavy (non-hydrogen) atoms. The van der Waals surface area contributed by atoms with Crippen molar-refractivity contribution >= 4 is 17.3 Å². The molecule has 0 bridgehead atoms. The topological polar surface area (TPSA) is 41.1 Å². The predicted octanol–water partition coefficient (Wildman–Crippen LogP) is 2.73. The van der Waals surface area contributed by atoms with Gasteiger partial charge in [-0.15, -0.1) is 11.3 Å². The summed E-state index contributed by atoms with van der Waals surface area (Å²) in [5, 5.41) is 5.28. The average molecular weight is 288 g/mol. The first-order valence-electron chi connectivity index (χ1n) is 7.04. The highest BCUT2D eigenvalue weighted by molar-refractivity contribution is 7.09. The van der Waals surface area contributed by atoms with Crippen LogP contribution in [0.4, 0.5) is 5.95 Å². The zero-order valence-corrected chi connectivity index (χ0v) is 12.8. The minimum Gasteiger partial charge on any atom is -0.333 e. The summed E-state index contributed by atoms with van der Waals surface area (Å²) in [4.78, 5) is 13.0. The second-order valence-corrected chi connectivity index (χ2v) is 6.28. The first kappa shape index (κ1) is 13.5. The summed E-state index contributed by atoms with van der Waals surface area (Å²) in [7, 11) is 1.95. The maximum atomic E-state index is 4.71. The lowest BCUT2D eigenvalue weighted by Gasteiger charge is -2.22. The standard InChI is InChI=1S/C15H20N4S/c1-11-12(8-16-2)9-17-15(18-11)19(13-5-6-13)10-14-4-3-7-20-14/h3-4,7,9,13,16H,5-6,8,10H2,1-2H3. The van der Waals surface area contributed by atoms with Crippen molar-refractivity contribution in [2.24, 2.45) is 0 Å². The Balaban J connectivity index is 1.82. The largest absolute Gasteiger partial charge is 0.333 e. The lowest BCUT2D eigenvalue weighted by Crippen LogP contribution is -2.27. The summed E-state index contributed by atoms with van der Waals surface area (Å²) in [5.74, 6) is 0.873. The Morgan fingerprint density at radius 2 is 2.30 bits per heavy atom. The van der Waals surface area contributed by atoms with Crippen molar-refractivity contribution in [2.75, 3.05) is 11.9 Å². The van der Waals surface area contributed by atoms with Gasteiger partial charge in [-0.2, -0.15) is 0 Å². The van der Waals surface area contributed by atoms with E-state index in [2.05, 4.69) is 39.6 Å². The first-order chi connectivity index (χ1) is 9.78. The van der Waals surface area contributed by atoms with E-state index in [0.717, 1.165) is 24.7 Å².